The highest BCUT2D eigenvalue weighted by molar-refractivity contribution is 5.72. The Kier molecular flexibility index (Phi) is 2.28. The van der Waals surface area contributed by atoms with Gasteiger partial charge in [0.2, 0.25) is 0 Å². The number of nitrogens with one attached hydrogen (secondary N) is 1. The molecular formula is C12H11N5O2. The molecule has 0 amide bonds. The number of nitrogen functional groups attached to an aromatic ring is 1. The van der Waals surface area contributed by atoms with Crippen molar-refractivity contribution in [3.05, 3.63) is 40.3 Å². The minimum absolute atomic E-state index is 0.0775. The van der Waals surface area contributed by atoms with Crippen LogP contribution >= 0.6 is 0 Å². The monoisotopic (exact) mass is 257 g/mol. The highest BCUT2D eigenvalue weighted by Crippen LogP contribution is 2.31. The molecule has 0 unspecified atom stereocenters. The number of aromatic amines is 1. The Bertz CT molecular complexity index is 834. The molecule has 0 aliphatic heterocycles. The van der Waals surface area contributed by atoms with E-state index in [9.17, 15) is 9.90 Å². The van der Waals surface area contributed by atoms with Crippen molar-refractivity contribution in [1.29, 1.82) is 0 Å². The van der Waals surface area contributed by atoms with E-state index in [1.807, 2.05) is 0 Å². The van der Waals surface area contributed by atoms with E-state index in [1.165, 1.54) is 10.6 Å². The molecule has 7 heteroatoms. The van der Waals surface area contributed by atoms with Gasteiger partial charge < -0.3 is 10.8 Å². The summed E-state index contributed by atoms with van der Waals surface area (Å²) in [5.41, 5.74) is 6.62. The van der Waals surface area contributed by atoms with Crippen molar-refractivity contribution in [1.82, 2.24) is 19.6 Å². The summed E-state index contributed by atoms with van der Waals surface area (Å²) in [5, 5.41) is 12.7. The SMILES string of the molecule is Cc1cc(=O)n2[nH]c(-c3cccc(N)c3O)nc2n1. The third-order valence-corrected chi connectivity index (χ3v) is 2.78. The van der Waals surface area contributed by atoms with E-state index in [1.54, 1.807) is 25.1 Å². The quantitative estimate of drug-likeness (QED) is 0.438. The lowest BCUT2D eigenvalue weighted by Crippen LogP contribution is -2.14. The fraction of sp³-hybridized carbons (Fsp3) is 0.0833. The topological polar surface area (TPSA) is 109 Å². The number of hydrogen-bond acceptors (Lipinski definition) is 5. The molecule has 0 saturated carbocycles. The number of anilines is 1. The van der Waals surface area contributed by atoms with Gasteiger partial charge in [0.1, 0.15) is 5.75 Å². The summed E-state index contributed by atoms with van der Waals surface area (Å²) in [6.07, 6.45) is 0. The molecular weight excluding hydrogens is 246 g/mol. The molecule has 19 heavy (non-hydrogen) atoms. The van der Waals surface area contributed by atoms with Crippen molar-refractivity contribution in [2.24, 2.45) is 0 Å². The Labute approximate surface area is 107 Å². The van der Waals surface area contributed by atoms with E-state index in [2.05, 4.69) is 15.1 Å². The van der Waals surface area contributed by atoms with Crippen molar-refractivity contribution in [3.63, 3.8) is 0 Å². The molecule has 0 bridgehead atoms. The third kappa shape index (κ3) is 1.71. The van der Waals surface area contributed by atoms with E-state index in [-0.39, 0.29) is 22.8 Å². The van der Waals surface area contributed by atoms with E-state index < -0.39 is 0 Å². The van der Waals surface area contributed by atoms with Crippen LogP contribution in [0.3, 0.4) is 0 Å². The maximum atomic E-state index is 11.8. The lowest BCUT2D eigenvalue weighted by Gasteiger charge is -2.02. The molecule has 3 aromatic rings. The first-order valence-electron chi connectivity index (χ1n) is 5.60. The second-order valence-corrected chi connectivity index (χ2v) is 4.19. The van der Waals surface area contributed by atoms with Crippen molar-refractivity contribution in [2.45, 2.75) is 6.92 Å². The molecule has 0 radical (unpaired) electrons. The number of fused-ring (bicyclic) bond motifs is 1. The molecule has 0 saturated heterocycles. The predicted octanol–water partition coefficient (Wildman–Crippen LogP) is 0.681. The number of aromatic hydroxyl groups is 1. The first-order chi connectivity index (χ1) is 9.06. The predicted molar refractivity (Wildman–Crippen MR) is 69.9 cm³/mol. The summed E-state index contributed by atoms with van der Waals surface area (Å²) in [4.78, 5) is 20.1. The molecule has 2 heterocycles. The van der Waals surface area contributed by atoms with Gasteiger partial charge in [-0.15, -0.1) is 0 Å². The highest BCUT2D eigenvalue weighted by atomic mass is 16.3. The Morgan fingerprint density at radius 1 is 1.37 bits per heavy atom. The van der Waals surface area contributed by atoms with Gasteiger partial charge in [-0.3, -0.25) is 9.89 Å². The number of hydrogen-bond donors (Lipinski definition) is 3. The molecule has 1 aromatic carbocycles. The Morgan fingerprint density at radius 2 is 2.16 bits per heavy atom. The molecule has 0 aliphatic carbocycles. The van der Waals surface area contributed by atoms with Crippen LogP contribution in [0.4, 0.5) is 5.69 Å². The molecule has 0 atom stereocenters. The van der Waals surface area contributed by atoms with Crippen molar-refractivity contribution >= 4 is 11.5 Å². The Morgan fingerprint density at radius 3 is 2.95 bits per heavy atom. The summed E-state index contributed by atoms with van der Waals surface area (Å²) in [6, 6.07) is 6.32. The normalized spacial score (nSPS) is 11.0. The van der Waals surface area contributed by atoms with Gasteiger partial charge in [0.05, 0.1) is 11.3 Å². The lowest BCUT2D eigenvalue weighted by molar-refractivity contribution is 0.479. The van der Waals surface area contributed by atoms with Gasteiger partial charge in [-0.05, 0) is 19.1 Å². The van der Waals surface area contributed by atoms with Gasteiger partial charge >= 0.3 is 0 Å². The molecule has 0 fully saturated rings. The average Bonchev–Trinajstić information content (AvgIpc) is 2.76. The largest absolute Gasteiger partial charge is 0.505 e. The number of phenols is 1. The number of benzene rings is 1. The number of para-hydroxylation sites is 1. The average molecular weight is 257 g/mol. The minimum Gasteiger partial charge on any atom is -0.505 e. The number of nitrogens with two attached hydrogens (primary N) is 1. The third-order valence-electron chi connectivity index (χ3n) is 2.78. The van der Waals surface area contributed by atoms with Gasteiger partial charge in [0, 0.05) is 11.8 Å². The fourth-order valence-corrected chi connectivity index (χ4v) is 1.87. The first-order valence-corrected chi connectivity index (χ1v) is 5.60. The van der Waals surface area contributed by atoms with Crippen molar-refractivity contribution in [2.75, 3.05) is 5.73 Å². The Balaban J connectivity index is 2.30. The van der Waals surface area contributed by atoms with Crippen LogP contribution in [-0.4, -0.2) is 24.7 Å². The van der Waals surface area contributed by atoms with Crippen LogP contribution in [-0.2, 0) is 0 Å². The Hall–Kier alpha value is -2.83. The van der Waals surface area contributed by atoms with E-state index in [0.717, 1.165) is 0 Å². The number of rotatable bonds is 1. The van der Waals surface area contributed by atoms with Gasteiger partial charge in [-0.1, -0.05) is 6.07 Å². The zero-order chi connectivity index (χ0) is 13.6. The number of nitrogens with zero attached hydrogens (tertiary/aromatic N) is 3. The van der Waals surface area contributed by atoms with Gasteiger partial charge in [-0.25, -0.2) is 4.98 Å². The number of aryl methyl sites for hydroxylation is 1. The summed E-state index contributed by atoms with van der Waals surface area (Å²) >= 11 is 0. The van der Waals surface area contributed by atoms with Gasteiger partial charge in [0.25, 0.3) is 11.3 Å². The van der Waals surface area contributed by atoms with Gasteiger partial charge in [-0.2, -0.15) is 9.50 Å². The van der Waals surface area contributed by atoms with Gasteiger partial charge in [0.15, 0.2) is 5.82 Å². The van der Waals surface area contributed by atoms with Crippen LogP contribution in [0.25, 0.3) is 17.2 Å². The van der Waals surface area contributed by atoms with Crippen LogP contribution in [0, 0.1) is 6.92 Å². The molecule has 0 aliphatic rings. The van der Waals surface area contributed by atoms with E-state index in [0.29, 0.717) is 17.1 Å². The zero-order valence-electron chi connectivity index (χ0n) is 10.1. The number of phenolic OH excluding ortho intramolecular Hbond substituents is 1. The smallest absolute Gasteiger partial charge is 0.274 e. The zero-order valence-corrected chi connectivity index (χ0v) is 10.1. The van der Waals surface area contributed by atoms with E-state index in [4.69, 9.17) is 5.73 Å². The molecule has 4 N–H and O–H groups in total. The van der Waals surface area contributed by atoms with Crippen LogP contribution in [0.15, 0.2) is 29.1 Å². The second kappa shape index (κ2) is 3.84. The standard InChI is InChI=1S/C12H11N5O2/c1-6-5-9(18)17-12(14-6)15-11(16-17)7-3-2-4-8(13)10(7)19/h2-5,19H,13H2,1H3,(H,14,15,16). The summed E-state index contributed by atoms with van der Waals surface area (Å²) < 4.78 is 1.21. The summed E-state index contributed by atoms with van der Waals surface area (Å²) in [7, 11) is 0. The fourth-order valence-electron chi connectivity index (χ4n) is 1.87. The molecule has 2 aromatic heterocycles. The van der Waals surface area contributed by atoms with Crippen LogP contribution in [0.1, 0.15) is 5.69 Å². The molecule has 7 nitrogen and oxygen atoms in total. The molecule has 96 valence electrons. The maximum Gasteiger partial charge on any atom is 0.274 e. The number of H-pyrrole nitrogens is 1. The summed E-state index contributed by atoms with van der Waals surface area (Å²) in [5.74, 6) is 0.508. The lowest BCUT2D eigenvalue weighted by atomic mass is 10.1. The molecule has 0 spiro atoms. The maximum absolute atomic E-state index is 11.8. The van der Waals surface area contributed by atoms with Crippen LogP contribution in [0.2, 0.25) is 0 Å². The van der Waals surface area contributed by atoms with Crippen LogP contribution < -0.4 is 11.3 Å². The van der Waals surface area contributed by atoms with Crippen LogP contribution in [0.5, 0.6) is 5.75 Å². The van der Waals surface area contributed by atoms with Crippen molar-refractivity contribution in [3.8, 4) is 17.1 Å². The van der Waals surface area contributed by atoms with Crippen molar-refractivity contribution < 1.29 is 5.11 Å². The number of aromatic nitrogens is 4. The first kappa shape index (κ1) is 11.3. The highest BCUT2D eigenvalue weighted by Gasteiger charge is 2.12. The summed E-state index contributed by atoms with van der Waals surface area (Å²) in [6.45, 7) is 1.72. The van der Waals surface area contributed by atoms with E-state index >= 15 is 0 Å². The second-order valence-electron chi connectivity index (χ2n) is 4.19. The molecule has 3 rings (SSSR count). The minimum atomic E-state index is -0.260.